The summed E-state index contributed by atoms with van der Waals surface area (Å²) >= 11 is 0. The summed E-state index contributed by atoms with van der Waals surface area (Å²) in [5, 5.41) is 0. The Morgan fingerprint density at radius 3 is 2.68 bits per heavy atom. The van der Waals surface area contributed by atoms with E-state index in [1.54, 1.807) is 0 Å². The van der Waals surface area contributed by atoms with E-state index in [0.717, 1.165) is 29.9 Å². The molecule has 0 unspecified atom stereocenters. The van der Waals surface area contributed by atoms with E-state index in [-0.39, 0.29) is 5.91 Å². The highest BCUT2D eigenvalue weighted by atomic mass is 16.2. The number of nitrogen functional groups attached to an aromatic ring is 1. The molecule has 4 nitrogen and oxygen atoms in total. The zero-order chi connectivity index (χ0) is 13.8. The van der Waals surface area contributed by atoms with Gasteiger partial charge in [0.25, 0.3) is 5.91 Å². The number of anilines is 1. The second-order valence-corrected chi connectivity index (χ2v) is 5.31. The topological polar surface area (TPSA) is 58.4 Å². The smallest absolute Gasteiger partial charge is 0.254 e. The number of amides is 1. The lowest BCUT2D eigenvalue weighted by atomic mass is 9.85. The number of nitrogens with one attached hydrogen (secondary N) is 1. The minimum absolute atomic E-state index is 0.135. The minimum atomic E-state index is 0.135. The number of rotatable bonds is 5. The molecule has 0 bridgehead atoms. The zero-order valence-corrected chi connectivity index (χ0v) is 11.8. The fourth-order valence-corrected chi connectivity index (χ4v) is 2.51. The maximum Gasteiger partial charge on any atom is 0.254 e. The van der Waals surface area contributed by atoms with Crippen molar-refractivity contribution in [3.8, 4) is 0 Å². The Hall–Kier alpha value is -1.55. The largest absolute Gasteiger partial charge is 0.339 e. The fourth-order valence-electron chi connectivity index (χ4n) is 2.51. The van der Waals surface area contributed by atoms with Crippen LogP contribution in [-0.2, 0) is 0 Å². The van der Waals surface area contributed by atoms with Gasteiger partial charge < -0.3 is 10.3 Å². The van der Waals surface area contributed by atoms with Gasteiger partial charge in [-0.3, -0.25) is 10.6 Å². The van der Waals surface area contributed by atoms with Crippen LogP contribution in [0.1, 0.15) is 42.1 Å². The summed E-state index contributed by atoms with van der Waals surface area (Å²) in [6.07, 6.45) is 3.84. The third-order valence-corrected chi connectivity index (χ3v) is 4.00. The lowest BCUT2D eigenvalue weighted by molar-refractivity contribution is 0.0706. The highest BCUT2D eigenvalue weighted by Crippen LogP contribution is 2.27. The van der Waals surface area contributed by atoms with Gasteiger partial charge in [-0.15, -0.1) is 0 Å². The molecular weight excluding hydrogens is 238 g/mol. The van der Waals surface area contributed by atoms with Crippen LogP contribution in [0.25, 0.3) is 0 Å². The number of aryl methyl sites for hydroxylation is 1. The number of nitrogens with zero attached hydrogens (tertiary/aromatic N) is 1. The summed E-state index contributed by atoms with van der Waals surface area (Å²) in [6, 6.07) is 5.61. The number of hydrogen-bond donors (Lipinski definition) is 2. The van der Waals surface area contributed by atoms with Crippen molar-refractivity contribution in [3.05, 3.63) is 29.3 Å². The van der Waals surface area contributed by atoms with Gasteiger partial charge >= 0.3 is 0 Å². The van der Waals surface area contributed by atoms with Crippen molar-refractivity contribution < 1.29 is 4.79 Å². The molecule has 0 aromatic heterocycles. The van der Waals surface area contributed by atoms with E-state index >= 15 is 0 Å². The number of carbonyl (C=O) groups excluding carboxylic acids is 1. The average Bonchev–Trinajstić information content (AvgIpc) is 2.37. The quantitative estimate of drug-likeness (QED) is 0.632. The SMILES string of the molecule is CCN(CC1CCC1)C(=O)c1ccc(NN)cc1C. The summed E-state index contributed by atoms with van der Waals surface area (Å²) in [4.78, 5) is 14.5. The van der Waals surface area contributed by atoms with Crippen LogP contribution in [0.5, 0.6) is 0 Å². The van der Waals surface area contributed by atoms with Crippen LogP contribution < -0.4 is 11.3 Å². The van der Waals surface area contributed by atoms with E-state index in [1.807, 2.05) is 36.9 Å². The van der Waals surface area contributed by atoms with Crippen molar-refractivity contribution in [2.45, 2.75) is 33.1 Å². The first-order valence-corrected chi connectivity index (χ1v) is 7.02. The number of benzene rings is 1. The van der Waals surface area contributed by atoms with Crippen molar-refractivity contribution in [1.29, 1.82) is 0 Å². The molecule has 0 heterocycles. The summed E-state index contributed by atoms with van der Waals surface area (Å²) in [6.45, 7) is 5.66. The molecule has 0 radical (unpaired) electrons. The Kier molecular flexibility index (Phi) is 4.43. The predicted molar refractivity (Wildman–Crippen MR) is 77.9 cm³/mol. The molecule has 0 aliphatic heterocycles. The van der Waals surface area contributed by atoms with Crippen molar-refractivity contribution >= 4 is 11.6 Å². The van der Waals surface area contributed by atoms with Gasteiger partial charge in [0.2, 0.25) is 0 Å². The monoisotopic (exact) mass is 261 g/mol. The zero-order valence-electron chi connectivity index (χ0n) is 11.8. The molecule has 104 valence electrons. The van der Waals surface area contributed by atoms with Gasteiger partial charge in [0.15, 0.2) is 0 Å². The molecule has 0 spiro atoms. The van der Waals surface area contributed by atoms with Crippen LogP contribution in [0.15, 0.2) is 18.2 Å². The van der Waals surface area contributed by atoms with E-state index < -0.39 is 0 Å². The van der Waals surface area contributed by atoms with E-state index in [1.165, 1.54) is 19.3 Å². The summed E-state index contributed by atoms with van der Waals surface area (Å²) in [5.74, 6) is 6.21. The Morgan fingerprint density at radius 1 is 1.47 bits per heavy atom. The molecule has 19 heavy (non-hydrogen) atoms. The number of nitrogens with two attached hydrogens (primary N) is 1. The van der Waals surface area contributed by atoms with Gasteiger partial charge in [0.1, 0.15) is 0 Å². The highest BCUT2D eigenvalue weighted by Gasteiger charge is 2.24. The first-order chi connectivity index (χ1) is 9.15. The first-order valence-electron chi connectivity index (χ1n) is 7.02. The maximum absolute atomic E-state index is 12.5. The van der Waals surface area contributed by atoms with Crippen molar-refractivity contribution in [3.63, 3.8) is 0 Å². The van der Waals surface area contributed by atoms with Gasteiger partial charge in [-0.2, -0.15) is 0 Å². The summed E-state index contributed by atoms with van der Waals surface area (Å²) in [7, 11) is 0. The molecule has 1 saturated carbocycles. The van der Waals surface area contributed by atoms with Gasteiger partial charge in [-0.1, -0.05) is 6.42 Å². The van der Waals surface area contributed by atoms with E-state index in [2.05, 4.69) is 5.43 Å². The molecule has 2 rings (SSSR count). The van der Waals surface area contributed by atoms with E-state index in [9.17, 15) is 4.79 Å². The fraction of sp³-hybridized carbons (Fsp3) is 0.533. The lowest BCUT2D eigenvalue weighted by Crippen LogP contribution is -2.37. The Bertz CT molecular complexity index is 455. The highest BCUT2D eigenvalue weighted by molar-refractivity contribution is 5.96. The Balaban J connectivity index is 2.11. The molecule has 1 aliphatic rings. The third-order valence-electron chi connectivity index (χ3n) is 4.00. The second-order valence-electron chi connectivity index (χ2n) is 5.31. The van der Waals surface area contributed by atoms with E-state index in [4.69, 9.17) is 5.84 Å². The molecule has 1 aliphatic carbocycles. The molecule has 1 aromatic rings. The van der Waals surface area contributed by atoms with Crippen LogP contribution in [0.2, 0.25) is 0 Å². The van der Waals surface area contributed by atoms with Crippen LogP contribution in [0.3, 0.4) is 0 Å². The number of carbonyl (C=O) groups is 1. The normalized spacial score (nSPS) is 14.9. The molecule has 1 fully saturated rings. The third kappa shape index (κ3) is 3.07. The van der Waals surface area contributed by atoms with Crippen LogP contribution in [0.4, 0.5) is 5.69 Å². The second kappa shape index (κ2) is 6.06. The van der Waals surface area contributed by atoms with Gasteiger partial charge in [0, 0.05) is 24.3 Å². The molecule has 1 aromatic carbocycles. The van der Waals surface area contributed by atoms with Gasteiger partial charge in [0.05, 0.1) is 0 Å². The predicted octanol–water partition coefficient (Wildman–Crippen LogP) is 2.54. The van der Waals surface area contributed by atoms with Crippen LogP contribution in [-0.4, -0.2) is 23.9 Å². The first kappa shape index (κ1) is 13.9. The van der Waals surface area contributed by atoms with Crippen LogP contribution in [0, 0.1) is 12.8 Å². The van der Waals surface area contributed by atoms with E-state index in [0.29, 0.717) is 5.92 Å². The number of hydrazine groups is 1. The Morgan fingerprint density at radius 2 is 2.21 bits per heavy atom. The molecule has 1 amide bonds. The molecule has 0 atom stereocenters. The van der Waals surface area contributed by atoms with Crippen molar-refractivity contribution in [2.75, 3.05) is 18.5 Å². The van der Waals surface area contributed by atoms with Gasteiger partial charge in [-0.25, -0.2) is 0 Å². The van der Waals surface area contributed by atoms with Gasteiger partial charge in [-0.05, 0) is 56.4 Å². The summed E-state index contributed by atoms with van der Waals surface area (Å²) in [5.41, 5.74) is 5.18. The molecule has 0 saturated heterocycles. The molecule has 3 N–H and O–H groups in total. The average molecular weight is 261 g/mol. The lowest BCUT2D eigenvalue weighted by Gasteiger charge is -2.32. The van der Waals surface area contributed by atoms with Crippen molar-refractivity contribution in [2.24, 2.45) is 11.8 Å². The Labute approximate surface area is 114 Å². The standard InChI is InChI=1S/C15H23N3O/c1-3-18(10-12-5-4-6-12)15(19)14-8-7-13(17-16)9-11(14)2/h7-9,12,17H,3-6,10,16H2,1-2H3. The maximum atomic E-state index is 12.5. The number of hydrogen-bond acceptors (Lipinski definition) is 3. The minimum Gasteiger partial charge on any atom is -0.339 e. The molecular formula is C15H23N3O. The van der Waals surface area contributed by atoms with Crippen LogP contribution >= 0.6 is 0 Å². The van der Waals surface area contributed by atoms with Crippen molar-refractivity contribution in [1.82, 2.24) is 4.90 Å². The molecule has 4 heteroatoms. The summed E-state index contributed by atoms with van der Waals surface area (Å²) < 4.78 is 0.